The molecule has 7 fully saturated rings. The molecule has 3 saturated carbocycles. The van der Waals surface area contributed by atoms with Crippen LogP contribution < -0.4 is 0 Å². The molecule has 48 heavy (non-hydrogen) atoms. The van der Waals surface area contributed by atoms with Crippen molar-refractivity contribution in [3.05, 3.63) is 48.0 Å². The first-order valence-corrected chi connectivity index (χ1v) is 17.9. The lowest BCUT2D eigenvalue weighted by Crippen LogP contribution is -2.75. The summed E-state index contributed by atoms with van der Waals surface area (Å²) in [6.45, 7) is 9.44. The molecule has 4 aliphatic heterocycles. The van der Waals surface area contributed by atoms with E-state index in [0.717, 1.165) is 32.1 Å². The van der Waals surface area contributed by atoms with E-state index in [1.165, 1.54) is 0 Å². The van der Waals surface area contributed by atoms with Crippen molar-refractivity contribution in [3.63, 3.8) is 0 Å². The van der Waals surface area contributed by atoms with Gasteiger partial charge < -0.3 is 49.2 Å². The van der Waals surface area contributed by atoms with Gasteiger partial charge in [-0.05, 0) is 55.2 Å². The first-order chi connectivity index (χ1) is 22.8. The molecule has 11 nitrogen and oxygen atoms in total. The van der Waals surface area contributed by atoms with Crippen molar-refractivity contribution in [2.24, 2.45) is 35.5 Å². The Morgan fingerprint density at radius 3 is 2.40 bits per heavy atom. The summed E-state index contributed by atoms with van der Waals surface area (Å²) in [6, 6.07) is 8.68. The summed E-state index contributed by atoms with van der Waals surface area (Å²) in [4.78, 5) is 13.5. The van der Waals surface area contributed by atoms with Gasteiger partial charge in [-0.25, -0.2) is 4.79 Å². The van der Waals surface area contributed by atoms with Crippen LogP contribution in [-0.2, 0) is 23.7 Å². The minimum absolute atomic E-state index is 0.0108. The van der Waals surface area contributed by atoms with E-state index in [4.69, 9.17) is 23.7 Å². The second-order valence-electron chi connectivity index (χ2n) is 16.0. The van der Waals surface area contributed by atoms with Crippen molar-refractivity contribution in [2.45, 2.75) is 125 Å². The third kappa shape index (κ3) is 4.05. The van der Waals surface area contributed by atoms with Crippen LogP contribution in [0.25, 0.3) is 0 Å². The highest BCUT2D eigenvalue weighted by atomic mass is 16.9. The minimum atomic E-state index is -2.20. The van der Waals surface area contributed by atoms with Crippen molar-refractivity contribution >= 4 is 5.97 Å². The number of esters is 1. The number of ether oxygens (including phenoxy) is 5. The summed E-state index contributed by atoms with van der Waals surface area (Å²) in [5.74, 6) is -5.72. The molecule has 16 atom stereocenters. The Labute approximate surface area is 281 Å². The Kier molecular flexibility index (Phi) is 7.64. The molecule has 4 saturated heterocycles. The Morgan fingerprint density at radius 1 is 1.00 bits per heavy atom. The third-order valence-corrected chi connectivity index (χ3v) is 13.7. The van der Waals surface area contributed by atoms with Crippen LogP contribution in [0.5, 0.6) is 0 Å². The third-order valence-electron chi connectivity index (χ3n) is 13.7. The molecule has 3 aliphatic carbocycles. The maximum Gasteiger partial charge on any atom is 0.338 e. The van der Waals surface area contributed by atoms with Crippen LogP contribution in [0.3, 0.4) is 0 Å². The fourth-order valence-corrected chi connectivity index (χ4v) is 11.5. The number of benzene rings is 1. The molecule has 7 aliphatic rings. The molecule has 4 heterocycles. The average molecular weight is 671 g/mol. The van der Waals surface area contributed by atoms with Crippen LogP contribution in [0.1, 0.15) is 76.1 Å². The van der Waals surface area contributed by atoms with Gasteiger partial charge in [0.2, 0.25) is 0 Å². The SMILES string of the molecule is C=C(C)[C@]12C[C@@H](COC(=O)c3ccccc3)[C@@]34OC5(O[C@@H]1[C@@H]3[C@@H]1O[C@]1(CO)[C@@H](O)[C@@]1(O)[C@H]4[C@H]([C@H](C)[C@@H]1O)[C@H](C)CCCCCC[C@H]5O)O2. The van der Waals surface area contributed by atoms with Crippen LogP contribution in [-0.4, -0.2) is 104 Å². The van der Waals surface area contributed by atoms with Crippen LogP contribution in [0.4, 0.5) is 0 Å². The van der Waals surface area contributed by atoms with Gasteiger partial charge in [0.1, 0.15) is 41.2 Å². The van der Waals surface area contributed by atoms with E-state index >= 15 is 0 Å². The molecule has 3 bridgehead atoms. The number of fused-ring (bicyclic) bond motifs is 1. The van der Waals surface area contributed by atoms with E-state index in [0.29, 0.717) is 17.6 Å². The number of carbonyl (C=O) groups excluding carboxylic acids is 1. The number of aliphatic hydroxyl groups excluding tert-OH is 4. The molecular formula is C37H50O11. The van der Waals surface area contributed by atoms with Crippen LogP contribution in [0.15, 0.2) is 42.5 Å². The maximum absolute atomic E-state index is 13.5. The molecule has 264 valence electrons. The molecule has 1 unspecified atom stereocenters. The number of carbonyl (C=O) groups is 1. The largest absolute Gasteiger partial charge is 0.462 e. The zero-order valence-corrected chi connectivity index (χ0v) is 28.0. The minimum Gasteiger partial charge on any atom is -0.462 e. The van der Waals surface area contributed by atoms with Crippen LogP contribution >= 0.6 is 0 Å². The van der Waals surface area contributed by atoms with E-state index in [9.17, 15) is 30.3 Å². The Balaban J connectivity index is 1.37. The van der Waals surface area contributed by atoms with Crippen molar-refractivity contribution in [1.82, 2.24) is 0 Å². The van der Waals surface area contributed by atoms with Gasteiger partial charge in [-0.3, -0.25) is 0 Å². The summed E-state index contributed by atoms with van der Waals surface area (Å²) in [5, 5.41) is 60.3. The van der Waals surface area contributed by atoms with Crippen LogP contribution in [0, 0.1) is 35.5 Å². The second-order valence-corrected chi connectivity index (χ2v) is 16.0. The first-order valence-electron chi connectivity index (χ1n) is 17.9. The first kappa shape index (κ1) is 33.2. The lowest BCUT2D eigenvalue weighted by molar-refractivity contribution is -0.459. The van der Waals surface area contributed by atoms with Gasteiger partial charge in [-0.15, -0.1) is 0 Å². The molecule has 0 aromatic heterocycles. The van der Waals surface area contributed by atoms with Gasteiger partial charge in [0.15, 0.2) is 0 Å². The van der Waals surface area contributed by atoms with Crippen molar-refractivity contribution in [3.8, 4) is 0 Å². The van der Waals surface area contributed by atoms with Gasteiger partial charge >= 0.3 is 11.9 Å². The molecule has 2 spiro atoms. The monoisotopic (exact) mass is 670 g/mol. The molecule has 8 rings (SSSR count). The Morgan fingerprint density at radius 2 is 1.71 bits per heavy atom. The average Bonchev–Trinajstić information content (AvgIpc) is 3.72. The highest BCUT2D eigenvalue weighted by Gasteiger charge is 2.90. The molecular weight excluding hydrogens is 620 g/mol. The Hall–Kier alpha value is -1.93. The van der Waals surface area contributed by atoms with Crippen molar-refractivity contribution in [1.29, 1.82) is 0 Å². The summed E-state index contributed by atoms with van der Waals surface area (Å²) in [5.41, 5.74) is -5.51. The van der Waals surface area contributed by atoms with Gasteiger partial charge in [0, 0.05) is 17.8 Å². The number of hydrogen-bond acceptors (Lipinski definition) is 11. The fourth-order valence-electron chi connectivity index (χ4n) is 11.5. The van der Waals surface area contributed by atoms with Gasteiger partial charge in [-0.2, -0.15) is 0 Å². The van der Waals surface area contributed by atoms with E-state index in [1.807, 2.05) is 19.9 Å². The van der Waals surface area contributed by atoms with Crippen LogP contribution in [0.2, 0.25) is 0 Å². The zero-order valence-electron chi connectivity index (χ0n) is 28.0. The predicted molar refractivity (Wildman–Crippen MR) is 169 cm³/mol. The topological polar surface area (TPSA) is 168 Å². The normalized spacial score (nSPS) is 53.5. The maximum atomic E-state index is 13.5. The number of rotatable bonds is 5. The number of epoxide rings is 1. The highest BCUT2D eigenvalue weighted by molar-refractivity contribution is 5.89. The fraction of sp³-hybridized carbons (Fsp3) is 0.757. The summed E-state index contributed by atoms with van der Waals surface area (Å²) in [6.07, 6.45) is -1.10. The summed E-state index contributed by atoms with van der Waals surface area (Å²) >= 11 is 0. The van der Waals surface area contributed by atoms with E-state index in [1.54, 1.807) is 24.3 Å². The predicted octanol–water partition coefficient (Wildman–Crippen LogP) is 2.46. The molecule has 0 radical (unpaired) electrons. The molecule has 5 N–H and O–H groups in total. The summed E-state index contributed by atoms with van der Waals surface area (Å²) < 4.78 is 33.4. The van der Waals surface area contributed by atoms with Crippen molar-refractivity contribution in [2.75, 3.05) is 13.2 Å². The molecule has 0 amide bonds. The molecule has 1 aromatic rings. The Bertz CT molecular complexity index is 1460. The second kappa shape index (κ2) is 11.0. The van der Waals surface area contributed by atoms with Gasteiger partial charge in [0.05, 0.1) is 30.5 Å². The molecule has 11 heteroatoms. The van der Waals surface area contributed by atoms with Gasteiger partial charge in [0.25, 0.3) is 0 Å². The zero-order chi connectivity index (χ0) is 34.0. The lowest BCUT2D eigenvalue weighted by atomic mass is 9.51. The van der Waals surface area contributed by atoms with E-state index in [2.05, 4.69) is 13.5 Å². The van der Waals surface area contributed by atoms with E-state index in [-0.39, 0.29) is 24.9 Å². The smallest absolute Gasteiger partial charge is 0.338 e. The van der Waals surface area contributed by atoms with Gasteiger partial charge in [-0.1, -0.05) is 70.7 Å². The van der Waals surface area contributed by atoms with Crippen molar-refractivity contribution < 1.29 is 54.0 Å². The lowest BCUT2D eigenvalue weighted by Gasteiger charge is -2.62. The highest BCUT2D eigenvalue weighted by Crippen LogP contribution is 2.75. The van der Waals surface area contributed by atoms with E-state index < -0.39 is 95.1 Å². The molecule has 1 aromatic carbocycles. The standard InChI is InChI=1S/C37H50O11/c1-19(2)33-16-23(17-44-31(41)22-13-9-7-10-14-22)36-26-29(33)46-37(47-33,48-36)24(39)15-11-6-5-8-12-20(3)25-21(4)28(40)35(43,27(25)36)32(42)34(18-38)30(26)45-34/h7,9-10,13-14,20-21,23-30,32,38-40,42-43H,1,5-6,8,11-12,15-18H2,2-4H3/t20-,21+,23+,24-,25+,26-,27-,28+,29-,30+,32-,33-,34+,35-,36-,37?/m1/s1. The number of hydrogen-bond donors (Lipinski definition) is 5. The number of aliphatic hydroxyl groups is 5. The quantitative estimate of drug-likeness (QED) is 0.177. The summed E-state index contributed by atoms with van der Waals surface area (Å²) in [7, 11) is 0.